The number of carbonyl (C=O) groups is 1. The van der Waals surface area contributed by atoms with Gasteiger partial charge in [-0.1, -0.05) is 18.5 Å². The van der Waals surface area contributed by atoms with Gasteiger partial charge < -0.3 is 4.90 Å². The lowest BCUT2D eigenvalue weighted by Gasteiger charge is -2.34. The normalized spacial score (nSPS) is 15.8. The summed E-state index contributed by atoms with van der Waals surface area (Å²) in [7, 11) is -2.17. The third-order valence-electron chi connectivity index (χ3n) is 5.52. The third-order valence-corrected chi connectivity index (χ3v) is 8.92. The van der Waals surface area contributed by atoms with Crippen molar-refractivity contribution < 1.29 is 13.2 Å². The number of carbonyl (C=O) groups excluding carboxylic acids is 1. The van der Waals surface area contributed by atoms with E-state index in [1.54, 1.807) is 30.1 Å². The molecule has 31 heavy (non-hydrogen) atoms. The minimum atomic E-state index is -3.70. The highest BCUT2D eigenvalue weighted by atomic mass is 35.5. The zero-order valence-corrected chi connectivity index (χ0v) is 20.7. The Balaban J connectivity index is 1.69. The summed E-state index contributed by atoms with van der Waals surface area (Å²) in [6.07, 6.45) is 0.940. The molecule has 0 bridgehead atoms. The van der Waals surface area contributed by atoms with Crippen molar-refractivity contribution >= 4 is 38.9 Å². The highest BCUT2D eigenvalue weighted by Gasteiger charge is 2.28. The molecule has 1 aromatic heterocycles. The Hall–Kier alpha value is -1.52. The SMILES string of the molecule is CCc1nc(CN2CCN(C(=O)c3cc(S(=O)(=O)N(C)C(C)C)ccc3Cl)CC2)cs1. The first kappa shape index (κ1) is 24.1. The van der Waals surface area contributed by atoms with E-state index in [1.165, 1.54) is 29.6 Å². The van der Waals surface area contributed by atoms with Crippen molar-refractivity contribution in [2.75, 3.05) is 33.2 Å². The maximum atomic E-state index is 13.1. The van der Waals surface area contributed by atoms with E-state index >= 15 is 0 Å². The first-order valence-corrected chi connectivity index (χ1v) is 13.1. The molecule has 1 aromatic carbocycles. The van der Waals surface area contributed by atoms with Gasteiger partial charge in [0.2, 0.25) is 10.0 Å². The van der Waals surface area contributed by atoms with Crippen molar-refractivity contribution in [2.24, 2.45) is 0 Å². The van der Waals surface area contributed by atoms with Crippen molar-refractivity contribution in [1.29, 1.82) is 0 Å². The molecular weight excluding hydrogens is 456 g/mol. The monoisotopic (exact) mass is 484 g/mol. The summed E-state index contributed by atoms with van der Waals surface area (Å²) >= 11 is 7.96. The van der Waals surface area contributed by atoms with Crippen molar-refractivity contribution in [3.05, 3.63) is 44.9 Å². The van der Waals surface area contributed by atoms with Crippen LogP contribution in [-0.4, -0.2) is 72.7 Å². The largest absolute Gasteiger partial charge is 0.336 e. The number of thiazole rings is 1. The maximum Gasteiger partial charge on any atom is 0.255 e. The van der Waals surface area contributed by atoms with E-state index in [-0.39, 0.29) is 27.4 Å². The Kier molecular flexibility index (Phi) is 7.75. The van der Waals surface area contributed by atoms with Gasteiger partial charge in [0.1, 0.15) is 0 Å². The standard InChI is InChI=1S/C21H29ClN4O3S2/c1-5-20-23-16(14-30-20)13-25-8-10-26(11-9-25)21(27)18-12-17(6-7-19(18)22)31(28,29)24(4)15(2)3/h6-7,12,14-15H,5,8-11,13H2,1-4H3. The van der Waals surface area contributed by atoms with Gasteiger partial charge >= 0.3 is 0 Å². The van der Waals surface area contributed by atoms with Gasteiger partial charge in [0.25, 0.3) is 5.91 Å². The minimum absolute atomic E-state index is 0.0744. The van der Waals surface area contributed by atoms with E-state index < -0.39 is 10.0 Å². The zero-order chi connectivity index (χ0) is 22.8. The summed E-state index contributed by atoms with van der Waals surface area (Å²) in [6.45, 7) is 9.05. The van der Waals surface area contributed by atoms with E-state index in [0.29, 0.717) is 13.1 Å². The molecule has 3 rings (SSSR count). The van der Waals surface area contributed by atoms with Crippen LogP contribution in [0.4, 0.5) is 0 Å². The van der Waals surface area contributed by atoms with Crippen LogP contribution in [-0.2, 0) is 23.0 Å². The molecule has 1 aliphatic heterocycles. The molecule has 1 saturated heterocycles. The topological polar surface area (TPSA) is 73.8 Å². The molecule has 10 heteroatoms. The number of hydrogen-bond donors (Lipinski definition) is 0. The van der Waals surface area contributed by atoms with Gasteiger partial charge in [0.15, 0.2) is 0 Å². The van der Waals surface area contributed by atoms with Crippen LogP contribution < -0.4 is 0 Å². The van der Waals surface area contributed by atoms with Crippen LogP contribution in [0.25, 0.3) is 0 Å². The number of piperazine rings is 1. The summed E-state index contributed by atoms with van der Waals surface area (Å²) in [6, 6.07) is 4.13. The number of benzene rings is 1. The molecule has 7 nitrogen and oxygen atoms in total. The predicted molar refractivity (Wildman–Crippen MR) is 124 cm³/mol. The first-order valence-electron chi connectivity index (χ1n) is 10.4. The molecule has 0 spiro atoms. The molecule has 1 aliphatic rings. The number of amides is 1. The van der Waals surface area contributed by atoms with E-state index in [2.05, 4.69) is 22.2 Å². The lowest BCUT2D eigenvalue weighted by atomic mass is 10.1. The molecule has 0 atom stereocenters. The second-order valence-corrected chi connectivity index (χ2v) is 11.3. The highest BCUT2D eigenvalue weighted by molar-refractivity contribution is 7.89. The lowest BCUT2D eigenvalue weighted by Crippen LogP contribution is -2.48. The number of rotatable bonds is 7. The number of sulfonamides is 1. The second-order valence-electron chi connectivity index (χ2n) is 7.91. The molecule has 2 heterocycles. The molecule has 0 unspecified atom stereocenters. The number of nitrogens with zero attached hydrogens (tertiary/aromatic N) is 4. The fourth-order valence-corrected chi connectivity index (χ4v) is 5.69. The van der Waals surface area contributed by atoms with Crippen molar-refractivity contribution in [3.8, 4) is 0 Å². The van der Waals surface area contributed by atoms with E-state index in [9.17, 15) is 13.2 Å². The Morgan fingerprint density at radius 1 is 1.26 bits per heavy atom. The number of aryl methyl sites for hydroxylation is 1. The summed E-state index contributed by atoms with van der Waals surface area (Å²) in [4.78, 5) is 21.8. The fraction of sp³-hybridized carbons (Fsp3) is 0.524. The van der Waals surface area contributed by atoms with Crippen LogP contribution in [0.5, 0.6) is 0 Å². The highest BCUT2D eigenvalue weighted by Crippen LogP contribution is 2.25. The van der Waals surface area contributed by atoms with Crippen molar-refractivity contribution in [3.63, 3.8) is 0 Å². The van der Waals surface area contributed by atoms with Gasteiger partial charge in [-0.05, 0) is 38.5 Å². The van der Waals surface area contributed by atoms with Crippen LogP contribution >= 0.6 is 22.9 Å². The van der Waals surface area contributed by atoms with Crippen molar-refractivity contribution in [2.45, 2.75) is 44.7 Å². The van der Waals surface area contributed by atoms with Crippen LogP contribution in [0.1, 0.15) is 41.8 Å². The Morgan fingerprint density at radius 3 is 2.52 bits per heavy atom. The predicted octanol–water partition coefficient (Wildman–Crippen LogP) is 3.35. The molecule has 0 aliphatic carbocycles. The molecule has 2 aromatic rings. The zero-order valence-electron chi connectivity index (χ0n) is 18.3. The number of halogens is 1. The summed E-state index contributed by atoms with van der Waals surface area (Å²) in [5, 5.41) is 3.49. The van der Waals surface area contributed by atoms with E-state index in [0.717, 1.165) is 36.8 Å². The van der Waals surface area contributed by atoms with Crippen LogP contribution in [0.2, 0.25) is 5.02 Å². The molecule has 1 fully saturated rings. The minimum Gasteiger partial charge on any atom is -0.336 e. The fourth-order valence-electron chi connectivity index (χ4n) is 3.36. The number of hydrogen-bond acceptors (Lipinski definition) is 6. The first-order chi connectivity index (χ1) is 14.6. The molecule has 0 saturated carbocycles. The van der Waals surface area contributed by atoms with Gasteiger partial charge in [-0.15, -0.1) is 11.3 Å². The molecule has 170 valence electrons. The second kappa shape index (κ2) is 9.95. The third kappa shape index (κ3) is 5.46. The van der Waals surface area contributed by atoms with E-state index in [4.69, 9.17) is 11.6 Å². The molecule has 0 radical (unpaired) electrons. The Morgan fingerprint density at radius 2 is 1.94 bits per heavy atom. The van der Waals surface area contributed by atoms with Gasteiger partial charge in [-0.3, -0.25) is 9.69 Å². The van der Waals surface area contributed by atoms with Crippen molar-refractivity contribution in [1.82, 2.24) is 19.1 Å². The van der Waals surface area contributed by atoms with Gasteiger partial charge in [-0.2, -0.15) is 4.31 Å². The van der Waals surface area contributed by atoms with Gasteiger partial charge in [0.05, 0.1) is 26.2 Å². The maximum absolute atomic E-state index is 13.1. The average molecular weight is 485 g/mol. The quantitative estimate of drug-likeness (QED) is 0.602. The van der Waals surface area contributed by atoms with Gasteiger partial charge in [-0.25, -0.2) is 13.4 Å². The summed E-state index contributed by atoms with van der Waals surface area (Å²) in [5.74, 6) is -0.240. The van der Waals surface area contributed by atoms with E-state index in [1.807, 2.05) is 0 Å². The van der Waals surface area contributed by atoms with Crippen LogP contribution in [0.15, 0.2) is 28.5 Å². The average Bonchev–Trinajstić information content (AvgIpc) is 3.21. The molecular formula is C21H29ClN4O3S2. The molecule has 0 N–H and O–H groups in total. The summed E-state index contributed by atoms with van der Waals surface area (Å²) < 4.78 is 26.9. The Labute approximate surface area is 193 Å². The van der Waals surface area contributed by atoms with Gasteiger partial charge in [0, 0.05) is 51.2 Å². The Bertz CT molecular complexity index is 1030. The molecule has 1 amide bonds. The lowest BCUT2D eigenvalue weighted by molar-refractivity contribution is 0.0627. The summed E-state index contributed by atoms with van der Waals surface area (Å²) in [5.41, 5.74) is 1.29. The number of aromatic nitrogens is 1. The smallest absolute Gasteiger partial charge is 0.255 e. The van der Waals surface area contributed by atoms with Crippen LogP contribution in [0.3, 0.4) is 0 Å². The van der Waals surface area contributed by atoms with Crippen LogP contribution in [0, 0.1) is 0 Å².